The van der Waals surface area contributed by atoms with E-state index in [2.05, 4.69) is 5.32 Å². The zero-order valence-corrected chi connectivity index (χ0v) is 14.9. The van der Waals surface area contributed by atoms with Gasteiger partial charge in [-0.15, -0.1) is 0 Å². The van der Waals surface area contributed by atoms with Crippen LogP contribution in [0.4, 0.5) is 10.1 Å². The second-order valence-corrected chi connectivity index (χ2v) is 6.84. The van der Waals surface area contributed by atoms with Gasteiger partial charge in [0.1, 0.15) is 5.82 Å². The summed E-state index contributed by atoms with van der Waals surface area (Å²) in [6, 6.07) is 13.4. The van der Waals surface area contributed by atoms with Gasteiger partial charge in [-0.25, -0.2) is 4.39 Å². The molecular formula is C20H19ClFNO3. The predicted octanol–water partition coefficient (Wildman–Crippen LogP) is 4.47. The molecule has 0 heterocycles. The molecule has 0 saturated heterocycles. The molecule has 1 saturated carbocycles. The number of ether oxygens (including phenoxy) is 1. The molecule has 0 bridgehead atoms. The van der Waals surface area contributed by atoms with Crippen LogP contribution in [0.2, 0.25) is 5.02 Å². The van der Waals surface area contributed by atoms with Crippen LogP contribution in [0.3, 0.4) is 0 Å². The second-order valence-electron chi connectivity index (χ2n) is 6.40. The third-order valence-corrected chi connectivity index (χ3v) is 4.95. The number of rotatable bonds is 5. The number of hydrogen-bond acceptors (Lipinski definition) is 3. The van der Waals surface area contributed by atoms with Gasteiger partial charge in [-0.05, 0) is 36.6 Å². The smallest absolute Gasteiger partial charge is 0.317 e. The minimum atomic E-state index is -0.701. The van der Waals surface area contributed by atoms with Crippen LogP contribution in [-0.4, -0.2) is 18.5 Å². The van der Waals surface area contributed by atoms with Crippen LogP contribution < -0.4 is 5.32 Å². The first kappa shape index (κ1) is 18.4. The van der Waals surface area contributed by atoms with E-state index >= 15 is 0 Å². The summed E-state index contributed by atoms with van der Waals surface area (Å²) in [6.45, 7) is -0.463. The number of carbonyl (C=O) groups is 2. The lowest BCUT2D eigenvalue weighted by atomic mass is 9.79. The van der Waals surface area contributed by atoms with Crippen LogP contribution in [0.1, 0.15) is 31.2 Å². The topological polar surface area (TPSA) is 55.4 Å². The highest BCUT2D eigenvalue weighted by Crippen LogP contribution is 2.42. The van der Waals surface area contributed by atoms with Gasteiger partial charge in [0.05, 0.1) is 11.1 Å². The van der Waals surface area contributed by atoms with E-state index in [1.807, 2.05) is 30.3 Å². The Labute approximate surface area is 156 Å². The molecule has 136 valence electrons. The Morgan fingerprint density at radius 2 is 1.81 bits per heavy atom. The van der Waals surface area contributed by atoms with Crippen molar-refractivity contribution in [3.05, 3.63) is 64.9 Å². The van der Waals surface area contributed by atoms with Gasteiger partial charge in [0.2, 0.25) is 0 Å². The largest absolute Gasteiger partial charge is 0.455 e. The molecule has 0 aromatic heterocycles. The quantitative estimate of drug-likeness (QED) is 0.784. The summed E-state index contributed by atoms with van der Waals surface area (Å²) in [5.74, 6) is -1.65. The first-order valence-electron chi connectivity index (χ1n) is 8.49. The SMILES string of the molecule is O=C(COC(=O)C1(c2ccccc2)CCCC1)Nc1ccc(Cl)cc1F. The van der Waals surface area contributed by atoms with Gasteiger partial charge in [-0.1, -0.05) is 54.8 Å². The third kappa shape index (κ3) is 3.88. The summed E-state index contributed by atoms with van der Waals surface area (Å²) in [5, 5.41) is 2.62. The molecule has 26 heavy (non-hydrogen) atoms. The molecule has 0 radical (unpaired) electrons. The normalized spacial score (nSPS) is 15.5. The molecule has 1 N–H and O–H groups in total. The van der Waals surface area contributed by atoms with Gasteiger partial charge in [0.25, 0.3) is 5.91 Å². The lowest BCUT2D eigenvalue weighted by molar-refractivity contribution is -0.153. The number of amides is 1. The summed E-state index contributed by atoms with van der Waals surface area (Å²) >= 11 is 5.68. The van der Waals surface area contributed by atoms with Gasteiger partial charge in [-0.2, -0.15) is 0 Å². The summed E-state index contributed by atoms with van der Waals surface area (Å²) in [6.07, 6.45) is 3.27. The average molecular weight is 376 g/mol. The van der Waals surface area contributed by atoms with Gasteiger partial charge < -0.3 is 10.1 Å². The average Bonchev–Trinajstić information content (AvgIpc) is 3.14. The zero-order chi connectivity index (χ0) is 18.6. The molecule has 2 aromatic rings. The molecule has 0 aliphatic heterocycles. The van der Waals surface area contributed by atoms with Crippen LogP contribution >= 0.6 is 11.6 Å². The van der Waals surface area contributed by atoms with E-state index in [1.165, 1.54) is 12.1 Å². The van der Waals surface area contributed by atoms with Crippen LogP contribution in [0.15, 0.2) is 48.5 Å². The highest BCUT2D eigenvalue weighted by Gasteiger charge is 2.44. The van der Waals surface area contributed by atoms with Crippen LogP contribution in [-0.2, 0) is 19.7 Å². The Hall–Kier alpha value is -2.40. The minimum Gasteiger partial charge on any atom is -0.455 e. The molecule has 2 aromatic carbocycles. The fourth-order valence-corrected chi connectivity index (χ4v) is 3.55. The van der Waals surface area contributed by atoms with Crippen molar-refractivity contribution >= 4 is 29.2 Å². The number of esters is 1. The minimum absolute atomic E-state index is 0.00547. The Bertz CT molecular complexity index is 804. The van der Waals surface area contributed by atoms with E-state index < -0.39 is 29.7 Å². The highest BCUT2D eigenvalue weighted by atomic mass is 35.5. The molecule has 1 amide bonds. The predicted molar refractivity (Wildman–Crippen MR) is 97.6 cm³/mol. The molecule has 4 nitrogen and oxygen atoms in total. The van der Waals surface area contributed by atoms with Crippen molar-refractivity contribution in [2.24, 2.45) is 0 Å². The van der Waals surface area contributed by atoms with E-state index in [4.69, 9.17) is 16.3 Å². The molecule has 1 aliphatic carbocycles. The molecule has 1 aliphatic rings. The van der Waals surface area contributed by atoms with E-state index in [-0.39, 0.29) is 10.7 Å². The summed E-state index contributed by atoms with van der Waals surface area (Å²) in [5.41, 5.74) is 0.202. The third-order valence-electron chi connectivity index (χ3n) is 4.71. The fourth-order valence-electron chi connectivity index (χ4n) is 3.39. The van der Waals surface area contributed by atoms with Crippen molar-refractivity contribution in [2.45, 2.75) is 31.1 Å². The van der Waals surface area contributed by atoms with Gasteiger partial charge in [0.15, 0.2) is 6.61 Å². The van der Waals surface area contributed by atoms with Crippen molar-refractivity contribution in [3.8, 4) is 0 Å². The molecular weight excluding hydrogens is 357 g/mol. The van der Waals surface area contributed by atoms with E-state index in [0.29, 0.717) is 12.8 Å². The zero-order valence-electron chi connectivity index (χ0n) is 14.1. The van der Waals surface area contributed by atoms with Gasteiger partial charge >= 0.3 is 5.97 Å². The van der Waals surface area contributed by atoms with Crippen molar-refractivity contribution in [1.29, 1.82) is 0 Å². The fraction of sp³-hybridized carbons (Fsp3) is 0.300. The number of hydrogen-bond donors (Lipinski definition) is 1. The van der Waals surface area contributed by atoms with E-state index in [9.17, 15) is 14.0 Å². The Balaban J connectivity index is 1.64. The molecule has 0 spiro atoms. The first-order valence-corrected chi connectivity index (χ1v) is 8.87. The molecule has 0 atom stereocenters. The number of benzene rings is 2. The molecule has 0 unspecified atom stereocenters. The second kappa shape index (κ2) is 7.87. The summed E-state index contributed by atoms with van der Waals surface area (Å²) in [4.78, 5) is 24.8. The van der Waals surface area contributed by atoms with Crippen LogP contribution in [0, 0.1) is 5.82 Å². The van der Waals surface area contributed by atoms with Crippen LogP contribution in [0.25, 0.3) is 0 Å². The highest BCUT2D eigenvalue weighted by molar-refractivity contribution is 6.30. The molecule has 6 heteroatoms. The van der Waals surface area contributed by atoms with E-state index in [0.717, 1.165) is 24.5 Å². The maximum atomic E-state index is 13.7. The number of anilines is 1. The lowest BCUT2D eigenvalue weighted by Gasteiger charge is -2.27. The Kier molecular flexibility index (Phi) is 5.57. The number of carbonyl (C=O) groups excluding carboxylic acids is 2. The standard InChI is InChI=1S/C20H19ClFNO3/c21-15-8-9-17(16(22)12-15)23-18(24)13-26-19(25)20(10-4-5-11-20)14-6-2-1-3-7-14/h1-3,6-9,12H,4-5,10-11,13H2,(H,23,24). The van der Waals surface area contributed by atoms with Crippen LogP contribution in [0.5, 0.6) is 0 Å². The first-order chi connectivity index (χ1) is 12.5. The van der Waals surface area contributed by atoms with Gasteiger partial charge in [-0.3, -0.25) is 9.59 Å². The number of nitrogens with one attached hydrogen (secondary N) is 1. The van der Waals surface area contributed by atoms with Crippen molar-refractivity contribution in [3.63, 3.8) is 0 Å². The molecule has 3 rings (SSSR count). The van der Waals surface area contributed by atoms with Crippen molar-refractivity contribution in [1.82, 2.24) is 0 Å². The molecule has 1 fully saturated rings. The maximum absolute atomic E-state index is 13.7. The van der Waals surface area contributed by atoms with Gasteiger partial charge in [0, 0.05) is 5.02 Å². The van der Waals surface area contributed by atoms with E-state index in [1.54, 1.807) is 0 Å². The number of halogens is 2. The summed E-state index contributed by atoms with van der Waals surface area (Å²) < 4.78 is 19.0. The maximum Gasteiger partial charge on any atom is 0.317 e. The summed E-state index contributed by atoms with van der Waals surface area (Å²) in [7, 11) is 0. The lowest BCUT2D eigenvalue weighted by Crippen LogP contribution is -2.36. The monoisotopic (exact) mass is 375 g/mol. The Morgan fingerprint density at radius 1 is 1.12 bits per heavy atom. The van der Waals surface area contributed by atoms with Crippen molar-refractivity contribution < 1.29 is 18.7 Å². The Morgan fingerprint density at radius 3 is 2.46 bits per heavy atom. The van der Waals surface area contributed by atoms with Crippen molar-refractivity contribution in [2.75, 3.05) is 11.9 Å².